The molecule has 1 aromatic carbocycles. The first-order valence-electron chi connectivity index (χ1n) is 8.70. The van der Waals surface area contributed by atoms with Crippen LogP contribution in [0.3, 0.4) is 0 Å². The molecule has 2 rings (SSSR count). The van der Waals surface area contributed by atoms with Gasteiger partial charge in [0.1, 0.15) is 31.0 Å². The molecular formula is C19H28O6. The highest BCUT2D eigenvalue weighted by molar-refractivity contribution is 5.77. The first-order chi connectivity index (χ1) is 11.8. The number of hydrogen-bond donors (Lipinski definition) is 3. The molecule has 1 aliphatic heterocycles. The van der Waals surface area contributed by atoms with Gasteiger partial charge in [-0.2, -0.15) is 0 Å². The maximum atomic E-state index is 12.2. The fourth-order valence-corrected chi connectivity index (χ4v) is 2.90. The van der Waals surface area contributed by atoms with E-state index in [0.717, 1.165) is 12.0 Å². The molecule has 5 atom stereocenters. The van der Waals surface area contributed by atoms with Gasteiger partial charge in [0.15, 0.2) is 0 Å². The van der Waals surface area contributed by atoms with Gasteiger partial charge in [-0.1, -0.05) is 38.1 Å². The van der Waals surface area contributed by atoms with Crippen LogP contribution in [0.15, 0.2) is 24.3 Å². The molecule has 6 nitrogen and oxygen atoms in total. The Morgan fingerprint density at radius 2 is 1.88 bits per heavy atom. The maximum Gasteiger partial charge on any atom is 0.313 e. The summed E-state index contributed by atoms with van der Waals surface area (Å²) in [5, 5.41) is 29.1. The zero-order valence-electron chi connectivity index (χ0n) is 15.0. The standard InChI is InChI=1S/C19H28O6/c1-11(2)8-13-4-6-14(7-5-13)12(3)19(23)25-10-16(21)18-17(22)15(20)9-24-18/h4-7,11-12,15-18,20-22H,8-10H2,1-3H3/t12?,15?,16?,17-,18?/m0/s1. The predicted octanol–water partition coefficient (Wildman–Crippen LogP) is 1.01. The lowest BCUT2D eigenvalue weighted by Crippen LogP contribution is -2.41. The van der Waals surface area contributed by atoms with E-state index in [1.54, 1.807) is 6.92 Å². The molecule has 1 aromatic rings. The van der Waals surface area contributed by atoms with Crippen LogP contribution < -0.4 is 0 Å². The summed E-state index contributed by atoms with van der Waals surface area (Å²) in [6.45, 7) is 5.72. The lowest BCUT2D eigenvalue weighted by atomic mass is 9.97. The van der Waals surface area contributed by atoms with Gasteiger partial charge in [-0.25, -0.2) is 0 Å². The fourth-order valence-electron chi connectivity index (χ4n) is 2.90. The smallest absolute Gasteiger partial charge is 0.313 e. The number of aliphatic hydroxyl groups is 3. The van der Waals surface area contributed by atoms with Crippen LogP contribution in [0.4, 0.5) is 0 Å². The van der Waals surface area contributed by atoms with Gasteiger partial charge in [-0.05, 0) is 30.4 Å². The molecule has 0 radical (unpaired) electrons. The van der Waals surface area contributed by atoms with Gasteiger partial charge in [0, 0.05) is 0 Å². The lowest BCUT2D eigenvalue weighted by Gasteiger charge is -2.21. The highest BCUT2D eigenvalue weighted by atomic mass is 16.6. The van der Waals surface area contributed by atoms with E-state index in [1.165, 1.54) is 5.56 Å². The molecule has 0 spiro atoms. The first-order valence-corrected chi connectivity index (χ1v) is 8.70. The second-order valence-corrected chi connectivity index (χ2v) is 7.11. The van der Waals surface area contributed by atoms with Gasteiger partial charge in [-0.15, -0.1) is 0 Å². The van der Waals surface area contributed by atoms with Crippen LogP contribution in [0.25, 0.3) is 0 Å². The minimum atomic E-state index is -1.18. The molecule has 1 saturated heterocycles. The third kappa shape index (κ3) is 5.25. The molecule has 140 valence electrons. The van der Waals surface area contributed by atoms with Gasteiger partial charge < -0.3 is 24.8 Å². The Kier molecular flexibility index (Phi) is 6.95. The van der Waals surface area contributed by atoms with Crippen LogP contribution in [-0.2, 0) is 20.7 Å². The Hall–Kier alpha value is -1.47. The summed E-state index contributed by atoms with van der Waals surface area (Å²) in [6.07, 6.45) is -3.36. The molecule has 3 N–H and O–H groups in total. The molecular weight excluding hydrogens is 324 g/mol. The van der Waals surface area contributed by atoms with Crippen molar-refractivity contribution in [3.8, 4) is 0 Å². The van der Waals surface area contributed by atoms with Crippen LogP contribution >= 0.6 is 0 Å². The Morgan fingerprint density at radius 1 is 1.24 bits per heavy atom. The van der Waals surface area contributed by atoms with E-state index >= 15 is 0 Å². The van der Waals surface area contributed by atoms with Gasteiger partial charge in [0.05, 0.1) is 12.5 Å². The zero-order chi connectivity index (χ0) is 18.6. The molecule has 0 aliphatic carbocycles. The first kappa shape index (κ1) is 19.8. The highest BCUT2D eigenvalue weighted by Crippen LogP contribution is 2.21. The second kappa shape index (κ2) is 8.76. The molecule has 0 amide bonds. The number of carbonyl (C=O) groups is 1. The monoisotopic (exact) mass is 352 g/mol. The number of ether oxygens (including phenoxy) is 2. The third-order valence-electron chi connectivity index (χ3n) is 4.44. The van der Waals surface area contributed by atoms with Crippen molar-refractivity contribution in [2.24, 2.45) is 5.92 Å². The fraction of sp³-hybridized carbons (Fsp3) is 0.632. The van der Waals surface area contributed by atoms with E-state index in [1.807, 2.05) is 24.3 Å². The van der Waals surface area contributed by atoms with E-state index in [-0.39, 0.29) is 13.2 Å². The minimum absolute atomic E-state index is 0.0457. The number of aliphatic hydroxyl groups excluding tert-OH is 3. The number of benzene rings is 1. The lowest BCUT2D eigenvalue weighted by molar-refractivity contribution is -0.152. The van der Waals surface area contributed by atoms with Crippen molar-refractivity contribution in [1.82, 2.24) is 0 Å². The van der Waals surface area contributed by atoms with Crippen molar-refractivity contribution in [2.45, 2.75) is 57.5 Å². The van der Waals surface area contributed by atoms with E-state index < -0.39 is 36.3 Å². The molecule has 4 unspecified atom stereocenters. The van der Waals surface area contributed by atoms with Crippen LogP contribution in [0.1, 0.15) is 37.8 Å². The van der Waals surface area contributed by atoms with Crippen molar-refractivity contribution in [2.75, 3.05) is 13.2 Å². The molecule has 25 heavy (non-hydrogen) atoms. The van der Waals surface area contributed by atoms with E-state index in [9.17, 15) is 20.1 Å². The largest absolute Gasteiger partial charge is 0.462 e. The Balaban J connectivity index is 1.85. The Labute approximate surface area is 148 Å². The molecule has 6 heteroatoms. The average molecular weight is 352 g/mol. The highest BCUT2D eigenvalue weighted by Gasteiger charge is 2.39. The minimum Gasteiger partial charge on any atom is -0.462 e. The van der Waals surface area contributed by atoms with Gasteiger partial charge >= 0.3 is 5.97 Å². The summed E-state index contributed by atoms with van der Waals surface area (Å²) < 4.78 is 10.3. The molecule has 1 fully saturated rings. The van der Waals surface area contributed by atoms with Crippen LogP contribution in [-0.4, -0.2) is 58.9 Å². The van der Waals surface area contributed by atoms with Crippen LogP contribution in [0.5, 0.6) is 0 Å². The zero-order valence-corrected chi connectivity index (χ0v) is 15.0. The summed E-state index contributed by atoms with van der Waals surface area (Å²) in [6, 6.07) is 7.86. The van der Waals surface area contributed by atoms with Gasteiger partial charge in [-0.3, -0.25) is 4.79 Å². The van der Waals surface area contributed by atoms with Gasteiger partial charge in [0.25, 0.3) is 0 Å². The maximum absolute atomic E-state index is 12.2. The quantitative estimate of drug-likeness (QED) is 0.634. The van der Waals surface area contributed by atoms with E-state index in [2.05, 4.69) is 13.8 Å². The molecule has 0 bridgehead atoms. The Morgan fingerprint density at radius 3 is 2.40 bits per heavy atom. The predicted molar refractivity (Wildman–Crippen MR) is 92.1 cm³/mol. The average Bonchev–Trinajstić information content (AvgIpc) is 2.91. The SMILES string of the molecule is CC(C)Cc1ccc(C(C)C(=O)OCC(O)C2OCC(O)[C@@H]2O)cc1. The van der Waals surface area contributed by atoms with Crippen LogP contribution in [0, 0.1) is 5.92 Å². The molecule has 1 heterocycles. The summed E-state index contributed by atoms with van der Waals surface area (Å²) in [4.78, 5) is 12.2. The van der Waals surface area contributed by atoms with Crippen LogP contribution in [0.2, 0.25) is 0 Å². The van der Waals surface area contributed by atoms with E-state index in [0.29, 0.717) is 5.92 Å². The van der Waals surface area contributed by atoms with Crippen molar-refractivity contribution < 1.29 is 29.6 Å². The molecule has 1 aliphatic rings. The summed E-state index contributed by atoms with van der Waals surface area (Å²) >= 11 is 0. The van der Waals surface area contributed by atoms with Crippen molar-refractivity contribution in [3.63, 3.8) is 0 Å². The normalized spacial score (nSPS) is 25.8. The van der Waals surface area contributed by atoms with Crippen molar-refractivity contribution in [3.05, 3.63) is 35.4 Å². The van der Waals surface area contributed by atoms with Gasteiger partial charge in [0.2, 0.25) is 0 Å². The van der Waals surface area contributed by atoms with E-state index in [4.69, 9.17) is 9.47 Å². The summed E-state index contributed by atoms with van der Waals surface area (Å²) in [7, 11) is 0. The second-order valence-electron chi connectivity index (χ2n) is 7.11. The summed E-state index contributed by atoms with van der Waals surface area (Å²) in [5.74, 6) is -0.342. The number of hydrogen-bond acceptors (Lipinski definition) is 6. The Bertz CT molecular complexity index is 556. The van der Waals surface area contributed by atoms with Crippen molar-refractivity contribution >= 4 is 5.97 Å². The third-order valence-corrected chi connectivity index (χ3v) is 4.44. The molecule has 0 aromatic heterocycles. The number of carbonyl (C=O) groups excluding carboxylic acids is 1. The summed E-state index contributed by atoms with van der Waals surface area (Å²) in [5.41, 5.74) is 2.07. The number of rotatable bonds is 7. The topological polar surface area (TPSA) is 96.2 Å². The van der Waals surface area contributed by atoms with Crippen molar-refractivity contribution in [1.29, 1.82) is 0 Å². The number of esters is 1. The molecule has 0 saturated carbocycles.